The highest BCUT2D eigenvalue weighted by Gasteiger charge is 2.19. The highest BCUT2D eigenvalue weighted by atomic mass is 19.1. The number of nitrogens with zero attached hydrogens (tertiary/aromatic N) is 2. The molecule has 0 saturated heterocycles. The number of hydrogen-bond acceptors (Lipinski definition) is 2. The second kappa shape index (κ2) is 6.24. The number of carbonyl (C=O) groups excluding carboxylic acids is 1. The van der Waals surface area contributed by atoms with Crippen LogP contribution in [0.3, 0.4) is 0 Å². The van der Waals surface area contributed by atoms with E-state index in [1.165, 1.54) is 19.1 Å². The van der Waals surface area contributed by atoms with Crippen molar-refractivity contribution in [3.63, 3.8) is 0 Å². The van der Waals surface area contributed by atoms with Crippen molar-refractivity contribution < 1.29 is 13.6 Å². The summed E-state index contributed by atoms with van der Waals surface area (Å²) in [7, 11) is 0. The summed E-state index contributed by atoms with van der Waals surface area (Å²) in [6, 6.07) is 7.35. The van der Waals surface area contributed by atoms with Crippen molar-refractivity contribution in [3.05, 3.63) is 70.7 Å². The standard InChI is InChI=1S/C20H18F2N2O/c1-11-7-12(2)19(13(3)8-11)24-10-18(23-20(24)14(4)25)16-6-5-15(21)9-17(16)22/h5-10H,1-4H3. The Morgan fingerprint density at radius 3 is 2.24 bits per heavy atom. The van der Waals surface area contributed by atoms with E-state index < -0.39 is 11.6 Å². The van der Waals surface area contributed by atoms with Crippen LogP contribution in [0.1, 0.15) is 34.2 Å². The van der Waals surface area contributed by atoms with Crippen LogP contribution >= 0.6 is 0 Å². The van der Waals surface area contributed by atoms with Gasteiger partial charge in [0, 0.05) is 24.8 Å². The molecule has 128 valence electrons. The Labute approximate surface area is 145 Å². The maximum atomic E-state index is 14.1. The number of halogens is 2. The van der Waals surface area contributed by atoms with E-state index in [1.54, 1.807) is 10.8 Å². The average molecular weight is 340 g/mol. The van der Waals surface area contributed by atoms with Gasteiger partial charge in [0.15, 0.2) is 11.6 Å². The van der Waals surface area contributed by atoms with E-state index in [2.05, 4.69) is 4.98 Å². The summed E-state index contributed by atoms with van der Waals surface area (Å²) < 4.78 is 29.0. The highest BCUT2D eigenvalue weighted by molar-refractivity contribution is 5.92. The monoisotopic (exact) mass is 340 g/mol. The van der Waals surface area contributed by atoms with Crippen LogP contribution in [0.4, 0.5) is 8.78 Å². The lowest BCUT2D eigenvalue weighted by molar-refractivity contribution is 0.100. The number of benzene rings is 2. The average Bonchev–Trinajstić information content (AvgIpc) is 2.91. The Kier molecular flexibility index (Phi) is 4.25. The van der Waals surface area contributed by atoms with Crippen LogP contribution in [0.2, 0.25) is 0 Å². The first-order valence-corrected chi connectivity index (χ1v) is 7.92. The van der Waals surface area contributed by atoms with Crippen molar-refractivity contribution in [1.82, 2.24) is 9.55 Å². The molecule has 0 radical (unpaired) electrons. The Morgan fingerprint density at radius 2 is 1.68 bits per heavy atom. The third kappa shape index (κ3) is 3.09. The largest absolute Gasteiger partial charge is 0.296 e. The summed E-state index contributed by atoms with van der Waals surface area (Å²) in [6.07, 6.45) is 1.62. The second-order valence-electron chi connectivity index (χ2n) is 6.25. The third-order valence-corrected chi connectivity index (χ3v) is 4.10. The molecule has 3 aromatic rings. The van der Waals surface area contributed by atoms with Gasteiger partial charge in [0.25, 0.3) is 0 Å². The lowest BCUT2D eigenvalue weighted by Crippen LogP contribution is -2.08. The van der Waals surface area contributed by atoms with E-state index >= 15 is 0 Å². The zero-order valence-corrected chi connectivity index (χ0v) is 14.5. The number of aromatic nitrogens is 2. The van der Waals surface area contributed by atoms with Crippen molar-refractivity contribution in [1.29, 1.82) is 0 Å². The van der Waals surface area contributed by atoms with Gasteiger partial charge in [0.05, 0.1) is 11.4 Å². The Morgan fingerprint density at radius 1 is 1.04 bits per heavy atom. The van der Waals surface area contributed by atoms with Gasteiger partial charge in [-0.3, -0.25) is 9.36 Å². The molecule has 0 unspecified atom stereocenters. The van der Waals surface area contributed by atoms with Crippen molar-refractivity contribution in [2.24, 2.45) is 0 Å². The number of Topliss-reactive ketones (excluding diaryl/α,β-unsaturated/α-hetero) is 1. The molecule has 3 rings (SSSR count). The molecular formula is C20H18F2N2O. The zero-order valence-electron chi connectivity index (χ0n) is 14.5. The fourth-order valence-electron chi connectivity index (χ4n) is 3.18. The van der Waals surface area contributed by atoms with Gasteiger partial charge in [-0.1, -0.05) is 17.7 Å². The van der Waals surface area contributed by atoms with E-state index in [-0.39, 0.29) is 17.2 Å². The Balaban J connectivity index is 2.25. The molecule has 1 heterocycles. The molecule has 0 aliphatic heterocycles. The molecule has 2 aromatic carbocycles. The van der Waals surface area contributed by atoms with Crippen LogP contribution in [0.5, 0.6) is 0 Å². The minimum atomic E-state index is -0.711. The SMILES string of the molecule is CC(=O)c1nc(-c2ccc(F)cc2F)cn1-c1c(C)cc(C)cc1C. The molecule has 0 spiro atoms. The normalized spacial score (nSPS) is 11.0. The molecule has 0 saturated carbocycles. The number of rotatable bonds is 3. The van der Waals surface area contributed by atoms with E-state index in [0.717, 1.165) is 28.4 Å². The van der Waals surface area contributed by atoms with Crippen molar-refractivity contribution >= 4 is 5.78 Å². The van der Waals surface area contributed by atoms with Crippen LogP contribution in [-0.4, -0.2) is 15.3 Å². The van der Waals surface area contributed by atoms with E-state index in [4.69, 9.17) is 0 Å². The molecule has 0 bridgehead atoms. The van der Waals surface area contributed by atoms with Gasteiger partial charge in [0.2, 0.25) is 0 Å². The first-order chi connectivity index (χ1) is 11.8. The number of carbonyl (C=O) groups is 1. The topological polar surface area (TPSA) is 34.9 Å². The van der Waals surface area contributed by atoms with Crippen molar-refractivity contribution in [2.75, 3.05) is 0 Å². The summed E-state index contributed by atoms with van der Waals surface area (Å²) in [6.45, 7) is 7.33. The molecule has 0 N–H and O–H groups in total. The van der Waals surface area contributed by atoms with Crippen LogP contribution < -0.4 is 0 Å². The van der Waals surface area contributed by atoms with Crippen LogP contribution in [0.25, 0.3) is 16.9 Å². The van der Waals surface area contributed by atoms with Gasteiger partial charge in [-0.15, -0.1) is 0 Å². The van der Waals surface area contributed by atoms with Gasteiger partial charge < -0.3 is 0 Å². The van der Waals surface area contributed by atoms with Crippen LogP contribution in [0, 0.1) is 32.4 Å². The van der Waals surface area contributed by atoms with Crippen LogP contribution in [-0.2, 0) is 0 Å². The molecular weight excluding hydrogens is 322 g/mol. The molecule has 25 heavy (non-hydrogen) atoms. The van der Waals surface area contributed by atoms with E-state index in [1.807, 2.05) is 32.9 Å². The fourth-order valence-corrected chi connectivity index (χ4v) is 3.18. The van der Waals surface area contributed by atoms with Gasteiger partial charge in [0.1, 0.15) is 11.6 Å². The summed E-state index contributed by atoms with van der Waals surface area (Å²) in [5, 5.41) is 0. The minimum absolute atomic E-state index is 0.157. The molecule has 0 amide bonds. The van der Waals surface area contributed by atoms with Gasteiger partial charge in [-0.25, -0.2) is 13.8 Å². The lowest BCUT2D eigenvalue weighted by Gasteiger charge is -2.13. The summed E-state index contributed by atoms with van der Waals surface area (Å²) in [5.41, 5.74) is 4.39. The molecule has 3 nitrogen and oxygen atoms in total. The van der Waals surface area contributed by atoms with Crippen LogP contribution in [0.15, 0.2) is 36.5 Å². The predicted octanol–water partition coefficient (Wildman–Crippen LogP) is 4.95. The third-order valence-electron chi connectivity index (χ3n) is 4.10. The fraction of sp³-hybridized carbons (Fsp3) is 0.200. The molecule has 0 aliphatic carbocycles. The molecule has 0 aliphatic rings. The van der Waals surface area contributed by atoms with E-state index in [9.17, 15) is 13.6 Å². The maximum absolute atomic E-state index is 14.1. The van der Waals surface area contributed by atoms with Gasteiger partial charge in [-0.05, 0) is 44.0 Å². The molecule has 1 aromatic heterocycles. The number of imidazole rings is 1. The Hall–Kier alpha value is -2.82. The summed E-state index contributed by atoms with van der Waals surface area (Å²) in [5.74, 6) is -1.38. The number of hydrogen-bond donors (Lipinski definition) is 0. The number of ketones is 1. The van der Waals surface area contributed by atoms with Gasteiger partial charge in [-0.2, -0.15) is 0 Å². The molecule has 0 atom stereocenters. The first-order valence-electron chi connectivity index (χ1n) is 7.92. The maximum Gasteiger partial charge on any atom is 0.195 e. The van der Waals surface area contributed by atoms with Gasteiger partial charge >= 0.3 is 0 Å². The number of aryl methyl sites for hydroxylation is 3. The zero-order chi connectivity index (χ0) is 18.3. The van der Waals surface area contributed by atoms with Crippen molar-refractivity contribution in [3.8, 4) is 16.9 Å². The predicted molar refractivity (Wildman–Crippen MR) is 93.1 cm³/mol. The summed E-state index contributed by atoms with van der Waals surface area (Å²) >= 11 is 0. The summed E-state index contributed by atoms with van der Waals surface area (Å²) in [4.78, 5) is 16.4. The van der Waals surface area contributed by atoms with Crippen molar-refractivity contribution in [2.45, 2.75) is 27.7 Å². The Bertz CT molecular complexity index is 966. The molecule has 5 heteroatoms. The second-order valence-corrected chi connectivity index (χ2v) is 6.25. The minimum Gasteiger partial charge on any atom is -0.296 e. The highest BCUT2D eigenvalue weighted by Crippen LogP contribution is 2.28. The molecule has 0 fully saturated rings. The first kappa shape index (κ1) is 17.0. The lowest BCUT2D eigenvalue weighted by atomic mass is 10.0. The van der Waals surface area contributed by atoms with E-state index in [0.29, 0.717) is 5.69 Å². The smallest absolute Gasteiger partial charge is 0.195 e. The quantitative estimate of drug-likeness (QED) is 0.633.